The molecule has 1 fully saturated rings. The molecule has 1 saturated heterocycles. The number of aliphatic hydroxyl groups is 1. The standard InChI is InChI=1S/C29H34N2O4/c1-30(29(33)28(21-10-6-4-7-11-21)22-12-8-5-9-13-22)26(20-31-17-16-23(32)19-31)25-15-14-24(34-2)18-27(25)35-3/h4-15,18,23,26,28,32H,16-17,19-20H2,1-3H3/t23-,26+/m0/s1. The van der Waals surface area contributed by atoms with Crippen LogP contribution in [0.4, 0.5) is 0 Å². The smallest absolute Gasteiger partial charge is 0.234 e. The van der Waals surface area contributed by atoms with Crippen molar-refractivity contribution in [1.29, 1.82) is 0 Å². The molecule has 0 unspecified atom stereocenters. The molecule has 184 valence electrons. The van der Waals surface area contributed by atoms with E-state index in [4.69, 9.17) is 9.47 Å². The van der Waals surface area contributed by atoms with Crippen LogP contribution in [0.15, 0.2) is 78.9 Å². The number of benzene rings is 3. The molecule has 0 radical (unpaired) electrons. The SMILES string of the molecule is COc1ccc([C@@H](CN2CC[C@H](O)C2)N(C)C(=O)C(c2ccccc2)c2ccccc2)c(OC)c1. The van der Waals surface area contributed by atoms with Crippen LogP contribution in [0.1, 0.15) is 35.1 Å². The molecule has 0 saturated carbocycles. The normalized spacial score (nSPS) is 16.8. The fourth-order valence-electron chi connectivity index (χ4n) is 4.87. The van der Waals surface area contributed by atoms with Crippen molar-refractivity contribution in [2.45, 2.75) is 24.5 Å². The number of carbonyl (C=O) groups excluding carboxylic acids is 1. The fraction of sp³-hybridized carbons (Fsp3) is 0.345. The number of rotatable bonds is 9. The Kier molecular flexibility index (Phi) is 8.06. The molecule has 1 heterocycles. The summed E-state index contributed by atoms with van der Waals surface area (Å²) < 4.78 is 11.1. The molecule has 1 aliphatic heterocycles. The lowest BCUT2D eigenvalue weighted by molar-refractivity contribution is -0.133. The van der Waals surface area contributed by atoms with E-state index >= 15 is 0 Å². The van der Waals surface area contributed by atoms with Crippen LogP contribution in [0.3, 0.4) is 0 Å². The van der Waals surface area contributed by atoms with Gasteiger partial charge in [0.05, 0.1) is 32.3 Å². The van der Waals surface area contributed by atoms with Crippen molar-refractivity contribution < 1.29 is 19.4 Å². The molecule has 1 N–H and O–H groups in total. The summed E-state index contributed by atoms with van der Waals surface area (Å²) in [4.78, 5) is 18.3. The van der Waals surface area contributed by atoms with Crippen molar-refractivity contribution in [3.8, 4) is 11.5 Å². The highest BCUT2D eigenvalue weighted by Gasteiger charge is 2.34. The van der Waals surface area contributed by atoms with E-state index in [0.29, 0.717) is 24.6 Å². The number of β-amino-alcohol motifs (C(OH)–C–C–N with tert-alkyl or cyclic N) is 1. The summed E-state index contributed by atoms with van der Waals surface area (Å²) in [5.74, 6) is 0.939. The van der Waals surface area contributed by atoms with Crippen LogP contribution in [0.2, 0.25) is 0 Å². The molecule has 0 spiro atoms. The molecule has 4 rings (SSSR count). The molecule has 6 heteroatoms. The lowest BCUT2D eigenvalue weighted by Gasteiger charge is -2.35. The molecule has 0 aromatic heterocycles. The van der Waals surface area contributed by atoms with Crippen LogP contribution in [0.25, 0.3) is 0 Å². The van der Waals surface area contributed by atoms with Gasteiger partial charge in [-0.25, -0.2) is 0 Å². The monoisotopic (exact) mass is 474 g/mol. The first-order valence-electron chi connectivity index (χ1n) is 12.0. The molecular weight excluding hydrogens is 440 g/mol. The van der Waals surface area contributed by atoms with Gasteiger partial charge in [0.15, 0.2) is 0 Å². The molecule has 3 aromatic rings. The van der Waals surface area contributed by atoms with Crippen LogP contribution in [0, 0.1) is 0 Å². The van der Waals surface area contributed by atoms with Crippen molar-refractivity contribution in [1.82, 2.24) is 9.80 Å². The van der Waals surface area contributed by atoms with Crippen LogP contribution >= 0.6 is 0 Å². The topological polar surface area (TPSA) is 62.2 Å². The predicted octanol–water partition coefficient (Wildman–Crippen LogP) is 4.10. The average Bonchev–Trinajstić information content (AvgIpc) is 3.32. The number of ether oxygens (including phenoxy) is 2. The lowest BCUT2D eigenvalue weighted by atomic mass is 9.89. The summed E-state index contributed by atoms with van der Waals surface area (Å²) >= 11 is 0. The number of likely N-dealkylation sites (tertiary alicyclic amines) is 1. The molecule has 0 bridgehead atoms. The maximum Gasteiger partial charge on any atom is 0.234 e. The van der Waals surface area contributed by atoms with E-state index in [-0.39, 0.29) is 18.1 Å². The van der Waals surface area contributed by atoms with E-state index in [1.807, 2.05) is 90.8 Å². The third-order valence-electron chi connectivity index (χ3n) is 6.81. The number of hydrogen-bond acceptors (Lipinski definition) is 5. The summed E-state index contributed by atoms with van der Waals surface area (Å²) in [5, 5.41) is 10.1. The Bertz CT molecular complexity index is 1070. The molecule has 3 aromatic carbocycles. The zero-order valence-corrected chi connectivity index (χ0v) is 20.6. The van der Waals surface area contributed by atoms with Crippen LogP contribution in [-0.2, 0) is 4.79 Å². The Balaban J connectivity index is 1.73. The first kappa shape index (κ1) is 24.8. The van der Waals surface area contributed by atoms with Gasteiger partial charge in [-0.1, -0.05) is 60.7 Å². The molecule has 1 amide bonds. The summed E-state index contributed by atoms with van der Waals surface area (Å²) in [5.41, 5.74) is 2.81. The maximum atomic E-state index is 14.2. The molecule has 35 heavy (non-hydrogen) atoms. The molecule has 1 aliphatic rings. The first-order chi connectivity index (χ1) is 17.0. The average molecular weight is 475 g/mol. The van der Waals surface area contributed by atoms with E-state index in [2.05, 4.69) is 4.90 Å². The number of amides is 1. The van der Waals surface area contributed by atoms with Crippen molar-refractivity contribution in [3.63, 3.8) is 0 Å². The van der Waals surface area contributed by atoms with Gasteiger partial charge in [-0.2, -0.15) is 0 Å². The van der Waals surface area contributed by atoms with Crippen molar-refractivity contribution in [2.24, 2.45) is 0 Å². The molecule has 6 nitrogen and oxygen atoms in total. The van der Waals surface area contributed by atoms with Crippen LogP contribution in [-0.4, -0.2) is 67.8 Å². The second-order valence-electron chi connectivity index (χ2n) is 9.03. The van der Waals surface area contributed by atoms with E-state index in [1.54, 1.807) is 14.2 Å². The number of methoxy groups -OCH3 is 2. The Hall–Kier alpha value is -3.35. The highest BCUT2D eigenvalue weighted by atomic mass is 16.5. The number of hydrogen-bond donors (Lipinski definition) is 1. The molecule has 0 aliphatic carbocycles. The third kappa shape index (κ3) is 5.66. The van der Waals surface area contributed by atoms with Gasteiger partial charge in [0.2, 0.25) is 5.91 Å². The van der Waals surface area contributed by atoms with Gasteiger partial charge in [-0.05, 0) is 29.7 Å². The van der Waals surface area contributed by atoms with Crippen molar-refractivity contribution in [3.05, 3.63) is 95.6 Å². The van der Waals surface area contributed by atoms with E-state index < -0.39 is 5.92 Å². The summed E-state index contributed by atoms with van der Waals surface area (Å²) in [6.07, 6.45) is 0.400. The van der Waals surface area contributed by atoms with Crippen LogP contribution in [0.5, 0.6) is 11.5 Å². The second-order valence-corrected chi connectivity index (χ2v) is 9.03. The Labute approximate surface area is 207 Å². The highest BCUT2D eigenvalue weighted by molar-refractivity contribution is 5.87. The second kappa shape index (κ2) is 11.4. The summed E-state index contributed by atoms with van der Waals surface area (Å²) in [6, 6.07) is 25.2. The van der Waals surface area contributed by atoms with Gasteiger partial charge in [0, 0.05) is 38.3 Å². The molecule has 2 atom stereocenters. The highest BCUT2D eigenvalue weighted by Crippen LogP contribution is 2.36. The van der Waals surface area contributed by atoms with E-state index in [1.165, 1.54) is 0 Å². The maximum absolute atomic E-state index is 14.2. The number of aliphatic hydroxyl groups excluding tert-OH is 1. The zero-order chi connectivity index (χ0) is 24.8. The van der Waals surface area contributed by atoms with Gasteiger partial charge in [0.25, 0.3) is 0 Å². The Morgan fingerprint density at radius 2 is 1.63 bits per heavy atom. The first-order valence-corrected chi connectivity index (χ1v) is 12.0. The quantitative estimate of drug-likeness (QED) is 0.506. The van der Waals surface area contributed by atoms with Crippen molar-refractivity contribution >= 4 is 5.91 Å². The van der Waals surface area contributed by atoms with Gasteiger partial charge in [-0.15, -0.1) is 0 Å². The Morgan fingerprint density at radius 3 is 2.14 bits per heavy atom. The summed E-state index contributed by atoms with van der Waals surface area (Å²) in [6.45, 7) is 1.98. The number of nitrogens with zero attached hydrogens (tertiary/aromatic N) is 2. The van der Waals surface area contributed by atoms with E-state index in [9.17, 15) is 9.90 Å². The minimum Gasteiger partial charge on any atom is -0.497 e. The van der Waals surface area contributed by atoms with Gasteiger partial charge in [0.1, 0.15) is 11.5 Å². The predicted molar refractivity (Wildman–Crippen MR) is 137 cm³/mol. The third-order valence-corrected chi connectivity index (χ3v) is 6.81. The summed E-state index contributed by atoms with van der Waals surface area (Å²) in [7, 11) is 5.12. The fourth-order valence-corrected chi connectivity index (χ4v) is 4.87. The number of likely N-dealkylation sites (N-methyl/N-ethyl adjacent to an activating group) is 1. The van der Waals surface area contributed by atoms with Gasteiger partial charge >= 0.3 is 0 Å². The van der Waals surface area contributed by atoms with E-state index in [0.717, 1.165) is 29.7 Å². The van der Waals surface area contributed by atoms with Gasteiger partial charge in [-0.3, -0.25) is 9.69 Å². The van der Waals surface area contributed by atoms with Crippen molar-refractivity contribution in [2.75, 3.05) is 40.9 Å². The Morgan fingerprint density at radius 1 is 1.00 bits per heavy atom. The largest absolute Gasteiger partial charge is 0.497 e. The minimum atomic E-state index is -0.432. The zero-order valence-electron chi connectivity index (χ0n) is 20.6. The minimum absolute atomic E-state index is 0.00464. The lowest BCUT2D eigenvalue weighted by Crippen LogP contribution is -2.41. The van der Waals surface area contributed by atoms with Crippen LogP contribution < -0.4 is 9.47 Å². The molecular formula is C29H34N2O4. The number of carbonyl (C=O) groups is 1. The van der Waals surface area contributed by atoms with Gasteiger partial charge < -0.3 is 19.5 Å².